The number of amides is 4. The number of nitrogens with one attached hydrogen (secondary N) is 8. The molecule has 0 atom stereocenters. The van der Waals surface area contributed by atoms with Crippen LogP contribution in [0.1, 0.15) is 38.3 Å². The van der Waals surface area contributed by atoms with Crippen LogP contribution in [0, 0.1) is 5.41 Å². The van der Waals surface area contributed by atoms with E-state index in [1.807, 2.05) is 0 Å². The minimum absolute atomic E-state index is 0. The first-order valence-electron chi connectivity index (χ1n) is 14.7. The highest BCUT2D eigenvalue weighted by molar-refractivity contribution is 6.12. The summed E-state index contributed by atoms with van der Waals surface area (Å²) in [7, 11) is 0. The SMILES string of the molecule is CC12CNCCNCC(NC(=O)CCCC(=O)NCCCN3C(=O)C=CC3=O)(CNCCNC1)CNCCNC2.[HH].[HH].[HH].[HH]. The number of carbonyl (C=O) groups is 4. The summed E-state index contributed by atoms with van der Waals surface area (Å²) in [5, 5.41) is 27.4. The Balaban J connectivity index is 0. The van der Waals surface area contributed by atoms with Crippen LogP contribution in [0.2, 0.25) is 0 Å². The second-order valence-electron chi connectivity index (χ2n) is 11.4. The normalized spacial score (nSPS) is 27.3. The molecule has 4 aliphatic heterocycles. The molecule has 0 aromatic carbocycles. The number of hydrogen-bond donors (Lipinski definition) is 8. The third kappa shape index (κ3) is 11.2. The first kappa shape index (κ1) is 32.1. The lowest BCUT2D eigenvalue weighted by Crippen LogP contribution is -2.66. The summed E-state index contributed by atoms with van der Waals surface area (Å²) >= 11 is 0. The summed E-state index contributed by atoms with van der Waals surface area (Å²) in [6, 6.07) is 0. The van der Waals surface area contributed by atoms with E-state index >= 15 is 0 Å². The van der Waals surface area contributed by atoms with Crippen molar-refractivity contribution in [3.05, 3.63) is 12.2 Å². The molecule has 4 rings (SSSR count). The molecular weight excluding hydrogens is 514 g/mol. The van der Waals surface area contributed by atoms with Gasteiger partial charge in [-0.3, -0.25) is 24.1 Å². The molecule has 0 unspecified atom stereocenters. The van der Waals surface area contributed by atoms with Gasteiger partial charge in [0.1, 0.15) is 0 Å². The van der Waals surface area contributed by atoms with E-state index in [4.69, 9.17) is 0 Å². The third-order valence-corrected chi connectivity index (χ3v) is 7.47. The maximum absolute atomic E-state index is 13.0. The van der Waals surface area contributed by atoms with E-state index in [9.17, 15) is 19.2 Å². The number of imide groups is 1. The van der Waals surface area contributed by atoms with E-state index in [0.717, 1.165) is 63.8 Å². The van der Waals surface area contributed by atoms with Gasteiger partial charge in [-0.15, -0.1) is 0 Å². The first-order chi connectivity index (χ1) is 19.3. The van der Waals surface area contributed by atoms with E-state index in [1.54, 1.807) is 0 Å². The Morgan fingerprint density at radius 2 is 1.20 bits per heavy atom. The zero-order valence-corrected chi connectivity index (χ0v) is 24.0. The fraction of sp³-hybridized carbons (Fsp3) is 0.778. The highest BCUT2D eigenvalue weighted by atomic mass is 16.2. The molecule has 0 radical (unpaired) electrons. The van der Waals surface area contributed by atoms with Crippen molar-refractivity contribution < 1.29 is 24.9 Å². The fourth-order valence-electron chi connectivity index (χ4n) is 5.16. The van der Waals surface area contributed by atoms with Crippen LogP contribution in [0.15, 0.2) is 12.2 Å². The molecule has 2 bridgehead atoms. The van der Waals surface area contributed by atoms with Crippen LogP contribution in [0.5, 0.6) is 0 Å². The Bertz CT molecular complexity index is 840. The fourth-order valence-corrected chi connectivity index (χ4v) is 5.16. The summed E-state index contributed by atoms with van der Waals surface area (Å²) in [5.74, 6) is -0.864. The van der Waals surface area contributed by atoms with Crippen molar-refractivity contribution >= 4 is 23.6 Å². The predicted molar refractivity (Wildman–Crippen MR) is 162 cm³/mol. The van der Waals surface area contributed by atoms with Crippen LogP contribution in [0.25, 0.3) is 0 Å². The maximum Gasteiger partial charge on any atom is 0.253 e. The molecule has 0 aromatic rings. The Kier molecular flexibility index (Phi) is 13.4. The zero-order chi connectivity index (χ0) is 28.7. The third-order valence-electron chi connectivity index (χ3n) is 7.47. The summed E-state index contributed by atoms with van der Waals surface area (Å²) in [5.41, 5.74) is -0.392. The van der Waals surface area contributed by atoms with Crippen molar-refractivity contribution in [2.75, 3.05) is 91.6 Å². The van der Waals surface area contributed by atoms with Gasteiger partial charge >= 0.3 is 0 Å². The largest absolute Gasteiger partial charge is 0.356 e. The van der Waals surface area contributed by atoms with Gasteiger partial charge in [-0.05, 0) is 12.8 Å². The van der Waals surface area contributed by atoms with Gasteiger partial charge in [0.15, 0.2) is 0 Å². The first-order valence-corrected chi connectivity index (χ1v) is 14.7. The maximum atomic E-state index is 13.0. The lowest BCUT2D eigenvalue weighted by Gasteiger charge is -2.37. The van der Waals surface area contributed by atoms with Crippen molar-refractivity contribution in [2.45, 2.75) is 38.1 Å². The van der Waals surface area contributed by atoms with Gasteiger partial charge in [0, 0.05) is 128 Å². The lowest BCUT2D eigenvalue weighted by molar-refractivity contribution is -0.136. The minimum atomic E-state index is -0.513. The van der Waals surface area contributed by atoms with Crippen LogP contribution in [0.4, 0.5) is 0 Å². The van der Waals surface area contributed by atoms with Crippen LogP contribution < -0.4 is 42.5 Å². The van der Waals surface area contributed by atoms with Crippen molar-refractivity contribution in [3.8, 4) is 0 Å². The van der Waals surface area contributed by atoms with E-state index in [1.165, 1.54) is 12.2 Å². The summed E-state index contributed by atoms with van der Waals surface area (Å²) in [4.78, 5) is 49.6. The molecule has 4 amide bonds. The molecule has 4 aliphatic rings. The average molecular weight is 572 g/mol. The standard InChI is InChI=1S/C27H49N9O4.4H2/c1-26-16-28-9-12-31-19-27(20-32-13-10-29-17-26,21-33-14-11-30-18-26)35-23(38)5-2-4-22(37)34-8-3-15-36-24(39)6-7-25(36)40;;;;/h6-7,28-33H,2-5,8-21H2,1H3,(H,34,37)(H,35,38);4*1H. The molecular formula is C27H57N9O4. The molecule has 0 saturated carbocycles. The second kappa shape index (κ2) is 16.7. The topological polar surface area (TPSA) is 168 Å². The van der Waals surface area contributed by atoms with Gasteiger partial charge in [-0.2, -0.15) is 0 Å². The van der Waals surface area contributed by atoms with Crippen LogP contribution in [-0.4, -0.2) is 126 Å². The number of rotatable bonds is 9. The van der Waals surface area contributed by atoms with Gasteiger partial charge in [-0.1, -0.05) is 6.92 Å². The van der Waals surface area contributed by atoms with Gasteiger partial charge in [0.05, 0.1) is 5.54 Å². The Morgan fingerprint density at radius 3 is 1.70 bits per heavy atom. The van der Waals surface area contributed by atoms with Crippen LogP contribution >= 0.6 is 0 Å². The van der Waals surface area contributed by atoms with Crippen molar-refractivity contribution in [1.29, 1.82) is 0 Å². The number of hydrogen-bond acceptors (Lipinski definition) is 10. The molecule has 40 heavy (non-hydrogen) atoms. The second-order valence-corrected chi connectivity index (χ2v) is 11.4. The Hall–Kier alpha value is -2.42. The zero-order valence-electron chi connectivity index (χ0n) is 24.0. The molecule has 0 spiro atoms. The number of carbonyl (C=O) groups excluding carboxylic acids is 4. The molecule has 0 aromatic heterocycles. The molecule has 3 saturated heterocycles. The van der Waals surface area contributed by atoms with Crippen molar-refractivity contribution in [3.63, 3.8) is 0 Å². The van der Waals surface area contributed by atoms with Gasteiger partial charge in [-0.25, -0.2) is 0 Å². The highest BCUT2D eigenvalue weighted by Gasteiger charge is 2.32. The van der Waals surface area contributed by atoms with Gasteiger partial charge < -0.3 is 42.5 Å². The van der Waals surface area contributed by atoms with Crippen LogP contribution in [0.3, 0.4) is 0 Å². The molecule has 8 N–H and O–H groups in total. The quantitative estimate of drug-likeness (QED) is 0.114. The molecule has 13 nitrogen and oxygen atoms in total. The van der Waals surface area contributed by atoms with Crippen LogP contribution in [-0.2, 0) is 19.2 Å². The van der Waals surface area contributed by atoms with Crippen molar-refractivity contribution in [2.24, 2.45) is 5.41 Å². The van der Waals surface area contributed by atoms with Crippen molar-refractivity contribution in [1.82, 2.24) is 47.4 Å². The Morgan fingerprint density at radius 1 is 0.750 bits per heavy atom. The summed E-state index contributed by atoms with van der Waals surface area (Å²) in [6.45, 7) is 12.5. The smallest absolute Gasteiger partial charge is 0.253 e. The van der Waals surface area contributed by atoms with E-state index < -0.39 is 5.54 Å². The molecule has 4 heterocycles. The predicted octanol–water partition coefficient (Wildman–Crippen LogP) is -2.00. The monoisotopic (exact) mass is 571 g/mol. The number of nitrogens with zero attached hydrogens (tertiary/aromatic N) is 1. The average Bonchev–Trinajstić information content (AvgIpc) is 3.24. The lowest BCUT2D eigenvalue weighted by atomic mass is 9.90. The molecule has 13 heteroatoms. The molecule has 234 valence electrons. The molecule has 3 fully saturated rings. The van der Waals surface area contributed by atoms with E-state index in [2.05, 4.69) is 49.5 Å². The Labute approximate surface area is 243 Å². The highest BCUT2D eigenvalue weighted by Crippen LogP contribution is 2.13. The summed E-state index contributed by atoms with van der Waals surface area (Å²) < 4.78 is 0. The van der Waals surface area contributed by atoms with E-state index in [-0.39, 0.29) is 54.1 Å². The van der Waals surface area contributed by atoms with E-state index in [0.29, 0.717) is 39.0 Å². The molecule has 0 aliphatic carbocycles. The van der Waals surface area contributed by atoms with Gasteiger partial charge in [0.25, 0.3) is 11.8 Å². The number of fused-ring (bicyclic) bond motifs is 15. The van der Waals surface area contributed by atoms with Gasteiger partial charge in [0.2, 0.25) is 11.8 Å². The summed E-state index contributed by atoms with van der Waals surface area (Å²) in [6.07, 6.45) is 3.91. The minimum Gasteiger partial charge on any atom is -0.356 e.